The minimum absolute atomic E-state index is 0.612. The molecular weight excluding hydrogens is 253 g/mol. The van der Waals surface area contributed by atoms with E-state index in [-0.39, 0.29) is 0 Å². The van der Waals surface area contributed by atoms with Gasteiger partial charge in [0.15, 0.2) is 0 Å². The smallest absolute Gasteiger partial charge is 0.0739 e. The quantitative estimate of drug-likeness (QED) is 0.519. The Morgan fingerprint density at radius 2 is 1.76 bits per heavy atom. The first kappa shape index (κ1) is 10.8. The van der Waals surface area contributed by atoms with Crippen LogP contribution in [0.25, 0.3) is 21.8 Å². The number of nitrogens with zero attached hydrogens (tertiary/aromatic N) is 1. The highest BCUT2D eigenvalue weighted by Crippen LogP contribution is 2.29. The van der Waals surface area contributed by atoms with Crippen molar-refractivity contribution < 1.29 is 0 Å². The van der Waals surface area contributed by atoms with Crippen LogP contribution in [0.15, 0.2) is 36.4 Å². The summed E-state index contributed by atoms with van der Waals surface area (Å²) in [4.78, 5) is 4.57. The second kappa shape index (κ2) is 3.86. The summed E-state index contributed by atoms with van der Waals surface area (Å²) in [5, 5.41) is 3.29. The number of pyridine rings is 1. The average Bonchev–Trinajstić information content (AvgIpc) is 2.27. The maximum atomic E-state index is 6.18. The third kappa shape index (κ3) is 1.86. The van der Waals surface area contributed by atoms with Crippen LogP contribution in [0.3, 0.4) is 0 Å². The second-order valence-electron chi connectivity index (χ2n) is 4.14. The average molecular weight is 262 g/mol. The van der Waals surface area contributed by atoms with Crippen molar-refractivity contribution in [3.8, 4) is 0 Å². The molecule has 0 saturated heterocycles. The number of halogens is 2. The first-order valence-electron chi connectivity index (χ1n) is 5.30. The predicted octanol–water partition coefficient (Wildman–Crippen LogP) is 5.00. The lowest BCUT2D eigenvalue weighted by Crippen LogP contribution is -1.84. The van der Waals surface area contributed by atoms with E-state index in [9.17, 15) is 0 Å². The van der Waals surface area contributed by atoms with E-state index in [1.165, 1.54) is 5.56 Å². The van der Waals surface area contributed by atoms with Crippen molar-refractivity contribution in [2.45, 2.75) is 6.92 Å². The minimum atomic E-state index is 0.612. The van der Waals surface area contributed by atoms with Crippen LogP contribution >= 0.6 is 23.2 Å². The Labute approximate surface area is 109 Å². The molecule has 0 radical (unpaired) electrons. The minimum Gasteiger partial charge on any atom is -0.248 e. The first-order chi connectivity index (χ1) is 8.13. The number of aryl methyl sites for hydroxylation is 1. The zero-order valence-corrected chi connectivity index (χ0v) is 10.7. The van der Waals surface area contributed by atoms with Crippen LogP contribution in [0.5, 0.6) is 0 Å². The monoisotopic (exact) mass is 261 g/mol. The van der Waals surface area contributed by atoms with Crippen LogP contribution in [0.4, 0.5) is 0 Å². The third-order valence-electron chi connectivity index (χ3n) is 2.80. The van der Waals surface area contributed by atoms with Gasteiger partial charge >= 0.3 is 0 Å². The summed E-state index contributed by atoms with van der Waals surface area (Å²) >= 11 is 12.2. The molecule has 3 heteroatoms. The standard InChI is InChI=1S/C14H9Cl2N/c1-8-2-3-13-9(4-8)5-11-12(16)6-10(15)7-14(11)17-13/h2-7H,1H3. The molecule has 0 bridgehead atoms. The molecule has 0 amide bonds. The lowest BCUT2D eigenvalue weighted by molar-refractivity contribution is 1.45. The highest BCUT2D eigenvalue weighted by atomic mass is 35.5. The first-order valence-corrected chi connectivity index (χ1v) is 6.05. The highest BCUT2D eigenvalue weighted by Gasteiger charge is 2.05. The van der Waals surface area contributed by atoms with E-state index in [1.807, 2.05) is 18.2 Å². The number of benzene rings is 2. The molecule has 0 fully saturated rings. The molecule has 2 aromatic carbocycles. The fourth-order valence-corrected chi connectivity index (χ4v) is 2.52. The molecule has 84 valence electrons. The van der Waals surface area contributed by atoms with Crippen molar-refractivity contribution in [3.05, 3.63) is 52.0 Å². The zero-order chi connectivity index (χ0) is 12.0. The SMILES string of the molecule is Cc1ccc2nc3cc(Cl)cc(Cl)c3cc2c1. The normalized spacial score (nSPS) is 11.2. The Hall–Kier alpha value is -1.31. The van der Waals surface area contributed by atoms with E-state index in [2.05, 4.69) is 24.0 Å². The van der Waals surface area contributed by atoms with Gasteiger partial charge in [-0.15, -0.1) is 0 Å². The summed E-state index contributed by atoms with van der Waals surface area (Å²) in [6.07, 6.45) is 0. The third-order valence-corrected chi connectivity index (χ3v) is 3.33. The summed E-state index contributed by atoms with van der Waals surface area (Å²) in [6.45, 7) is 2.06. The van der Waals surface area contributed by atoms with E-state index in [0.29, 0.717) is 10.0 Å². The van der Waals surface area contributed by atoms with E-state index in [0.717, 1.165) is 21.8 Å². The Balaban J connectivity index is 2.48. The molecule has 1 nitrogen and oxygen atoms in total. The fourth-order valence-electron chi connectivity index (χ4n) is 1.98. The number of hydrogen-bond donors (Lipinski definition) is 0. The van der Waals surface area contributed by atoms with Gasteiger partial charge in [-0.1, -0.05) is 34.8 Å². The predicted molar refractivity (Wildman–Crippen MR) is 74.0 cm³/mol. The zero-order valence-electron chi connectivity index (χ0n) is 9.17. The van der Waals surface area contributed by atoms with Crippen molar-refractivity contribution in [2.24, 2.45) is 0 Å². The fraction of sp³-hybridized carbons (Fsp3) is 0.0714. The number of aromatic nitrogens is 1. The summed E-state index contributed by atoms with van der Waals surface area (Å²) in [7, 11) is 0. The van der Waals surface area contributed by atoms with Crippen LogP contribution in [0.1, 0.15) is 5.56 Å². The Morgan fingerprint density at radius 1 is 0.941 bits per heavy atom. The summed E-state index contributed by atoms with van der Waals surface area (Å²) in [5.74, 6) is 0. The van der Waals surface area contributed by atoms with Gasteiger partial charge in [0.2, 0.25) is 0 Å². The molecule has 3 rings (SSSR count). The van der Waals surface area contributed by atoms with E-state index >= 15 is 0 Å². The number of rotatable bonds is 0. The molecule has 1 heterocycles. The summed E-state index contributed by atoms with van der Waals surface area (Å²) < 4.78 is 0. The van der Waals surface area contributed by atoms with E-state index in [1.54, 1.807) is 6.07 Å². The van der Waals surface area contributed by atoms with Crippen molar-refractivity contribution in [3.63, 3.8) is 0 Å². The lowest BCUT2D eigenvalue weighted by Gasteiger charge is -2.05. The molecule has 0 aliphatic carbocycles. The van der Waals surface area contributed by atoms with Crippen molar-refractivity contribution in [2.75, 3.05) is 0 Å². The largest absolute Gasteiger partial charge is 0.248 e. The van der Waals surface area contributed by atoms with Gasteiger partial charge in [-0.2, -0.15) is 0 Å². The van der Waals surface area contributed by atoms with Gasteiger partial charge in [0.25, 0.3) is 0 Å². The van der Waals surface area contributed by atoms with Crippen molar-refractivity contribution in [1.82, 2.24) is 4.98 Å². The highest BCUT2D eigenvalue weighted by molar-refractivity contribution is 6.38. The lowest BCUT2D eigenvalue weighted by atomic mass is 10.1. The van der Waals surface area contributed by atoms with Gasteiger partial charge in [0, 0.05) is 15.8 Å². The topological polar surface area (TPSA) is 12.9 Å². The van der Waals surface area contributed by atoms with Gasteiger partial charge < -0.3 is 0 Å². The summed E-state index contributed by atoms with van der Waals surface area (Å²) in [6, 6.07) is 11.8. The molecule has 0 spiro atoms. The molecule has 0 aliphatic heterocycles. The Kier molecular flexibility index (Phi) is 2.46. The molecule has 0 unspecified atom stereocenters. The molecular formula is C14H9Cl2N. The molecule has 0 saturated carbocycles. The van der Waals surface area contributed by atoms with Gasteiger partial charge in [0.1, 0.15) is 0 Å². The Bertz CT molecular complexity index is 735. The molecule has 0 N–H and O–H groups in total. The van der Waals surface area contributed by atoms with Crippen LogP contribution < -0.4 is 0 Å². The van der Waals surface area contributed by atoms with Crippen molar-refractivity contribution in [1.29, 1.82) is 0 Å². The van der Waals surface area contributed by atoms with Crippen LogP contribution in [-0.4, -0.2) is 4.98 Å². The molecule has 0 aliphatic rings. The molecule has 0 atom stereocenters. The van der Waals surface area contributed by atoms with Crippen LogP contribution in [0.2, 0.25) is 10.0 Å². The number of hydrogen-bond acceptors (Lipinski definition) is 1. The molecule has 1 aromatic heterocycles. The van der Waals surface area contributed by atoms with Gasteiger partial charge in [-0.05, 0) is 37.3 Å². The molecule has 3 aromatic rings. The van der Waals surface area contributed by atoms with E-state index < -0.39 is 0 Å². The number of fused-ring (bicyclic) bond motifs is 2. The van der Waals surface area contributed by atoms with Gasteiger partial charge in [-0.3, -0.25) is 0 Å². The maximum Gasteiger partial charge on any atom is 0.0739 e. The van der Waals surface area contributed by atoms with Gasteiger partial charge in [-0.25, -0.2) is 4.98 Å². The maximum absolute atomic E-state index is 6.18. The summed E-state index contributed by atoms with van der Waals surface area (Å²) in [5.41, 5.74) is 3.00. The van der Waals surface area contributed by atoms with E-state index in [4.69, 9.17) is 23.2 Å². The van der Waals surface area contributed by atoms with Crippen molar-refractivity contribution >= 4 is 45.0 Å². The van der Waals surface area contributed by atoms with Gasteiger partial charge in [0.05, 0.1) is 16.1 Å². The Morgan fingerprint density at radius 3 is 2.59 bits per heavy atom. The van der Waals surface area contributed by atoms with Crippen LogP contribution in [0, 0.1) is 6.92 Å². The second-order valence-corrected chi connectivity index (χ2v) is 4.98. The molecule has 17 heavy (non-hydrogen) atoms. The van der Waals surface area contributed by atoms with Crippen LogP contribution in [-0.2, 0) is 0 Å².